The van der Waals surface area contributed by atoms with Gasteiger partial charge in [0.25, 0.3) is 0 Å². The highest BCUT2D eigenvalue weighted by molar-refractivity contribution is 5.94. The molecule has 2 aromatic rings. The van der Waals surface area contributed by atoms with Crippen LogP contribution in [0.5, 0.6) is 0 Å². The summed E-state index contributed by atoms with van der Waals surface area (Å²) in [5.74, 6) is 0.118. The number of fused-ring (bicyclic) bond motifs is 1. The summed E-state index contributed by atoms with van der Waals surface area (Å²) in [5.41, 5.74) is 2.89. The zero-order valence-electron chi connectivity index (χ0n) is 11.9. The molecule has 0 atom stereocenters. The number of carbonyl (C=O) groups is 2. The van der Waals surface area contributed by atoms with E-state index < -0.39 is 0 Å². The highest BCUT2D eigenvalue weighted by Crippen LogP contribution is 2.27. The lowest BCUT2D eigenvalue weighted by molar-refractivity contribution is -0.118. The molecule has 0 N–H and O–H groups in total. The van der Waals surface area contributed by atoms with Crippen LogP contribution in [0.15, 0.2) is 42.6 Å². The highest BCUT2D eigenvalue weighted by atomic mass is 16.2. The first-order chi connectivity index (χ1) is 10.3. The van der Waals surface area contributed by atoms with Crippen LogP contribution in [0.1, 0.15) is 28.9 Å². The zero-order valence-corrected chi connectivity index (χ0v) is 11.9. The van der Waals surface area contributed by atoms with Gasteiger partial charge in [0.15, 0.2) is 6.29 Å². The molecule has 0 fully saturated rings. The Kier molecular flexibility index (Phi) is 3.86. The second-order valence-electron chi connectivity index (χ2n) is 5.27. The number of hydrogen-bond donors (Lipinski definition) is 0. The third-order valence-corrected chi connectivity index (χ3v) is 3.96. The minimum Gasteiger partial charge on any atom is -0.345 e. The van der Waals surface area contributed by atoms with E-state index in [-0.39, 0.29) is 5.91 Å². The van der Waals surface area contributed by atoms with Crippen LogP contribution in [-0.2, 0) is 17.8 Å². The lowest BCUT2D eigenvalue weighted by Crippen LogP contribution is -2.35. The fourth-order valence-electron chi connectivity index (χ4n) is 2.88. The summed E-state index contributed by atoms with van der Waals surface area (Å²) in [6.07, 6.45) is 5.10. The molecule has 4 nitrogen and oxygen atoms in total. The number of aldehydes is 1. The van der Waals surface area contributed by atoms with E-state index in [0.717, 1.165) is 31.4 Å². The van der Waals surface area contributed by atoms with Crippen molar-refractivity contribution in [1.29, 1.82) is 0 Å². The number of aromatic nitrogens is 1. The monoisotopic (exact) mass is 282 g/mol. The Hall–Kier alpha value is -2.36. The molecule has 108 valence electrons. The van der Waals surface area contributed by atoms with Crippen molar-refractivity contribution in [3.63, 3.8) is 0 Å². The predicted molar refractivity (Wildman–Crippen MR) is 81.6 cm³/mol. The number of aryl methyl sites for hydroxylation is 2. The predicted octanol–water partition coefficient (Wildman–Crippen LogP) is 2.67. The number of amides is 1. The molecule has 0 aliphatic carbocycles. The number of benzene rings is 1. The van der Waals surface area contributed by atoms with E-state index in [2.05, 4.69) is 6.07 Å². The summed E-state index contributed by atoms with van der Waals surface area (Å²) in [6, 6.07) is 11.7. The molecule has 1 amide bonds. The van der Waals surface area contributed by atoms with Gasteiger partial charge >= 0.3 is 0 Å². The molecule has 0 saturated carbocycles. The molecule has 1 aromatic heterocycles. The molecule has 0 radical (unpaired) electrons. The lowest BCUT2D eigenvalue weighted by Gasteiger charge is -2.29. The number of nitrogens with zero attached hydrogens (tertiary/aromatic N) is 2. The van der Waals surface area contributed by atoms with E-state index in [9.17, 15) is 9.59 Å². The summed E-state index contributed by atoms with van der Waals surface area (Å²) in [7, 11) is 0. The average Bonchev–Trinajstić information content (AvgIpc) is 2.99. The molecular weight excluding hydrogens is 264 g/mol. The van der Waals surface area contributed by atoms with Gasteiger partial charge in [-0.25, -0.2) is 0 Å². The molecular formula is C17H18N2O2. The molecule has 3 rings (SSSR count). The molecule has 1 aliphatic rings. The Bertz CT molecular complexity index is 660. The summed E-state index contributed by atoms with van der Waals surface area (Å²) in [4.78, 5) is 25.2. The first kappa shape index (κ1) is 13.6. The summed E-state index contributed by atoms with van der Waals surface area (Å²) in [5, 5.41) is 0. The van der Waals surface area contributed by atoms with E-state index in [0.29, 0.717) is 18.7 Å². The van der Waals surface area contributed by atoms with Crippen LogP contribution in [0.3, 0.4) is 0 Å². The van der Waals surface area contributed by atoms with Gasteiger partial charge in [-0.1, -0.05) is 18.2 Å². The third kappa shape index (κ3) is 2.75. The maximum absolute atomic E-state index is 12.5. The normalized spacial score (nSPS) is 13.8. The van der Waals surface area contributed by atoms with Crippen LogP contribution >= 0.6 is 0 Å². The first-order valence-corrected chi connectivity index (χ1v) is 7.28. The third-order valence-electron chi connectivity index (χ3n) is 3.96. The second kappa shape index (κ2) is 5.95. The first-order valence-electron chi connectivity index (χ1n) is 7.28. The standard InChI is InChI=1S/C17H18N2O2/c20-13-15-7-4-10-18(15)12-9-17(21)19-11-3-6-14-5-1-2-8-16(14)19/h1-2,4-5,7-8,10,13H,3,6,9,11-12H2. The average molecular weight is 282 g/mol. The number of anilines is 1. The van der Waals surface area contributed by atoms with E-state index in [1.54, 1.807) is 6.07 Å². The molecule has 0 bridgehead atoms. The lowest BCUT2D eigenvalue weighted by atomic mass is 10.0. The van der Waals surface area contributed by atoms with Crippen LogP contribution in [0.25, 0.3) is 0 Å². The van der Waals surface area contributed by atoms with Crippen LogP contribution in [0, 0.1) is 0 Å². The van der Waals surface area contributed by atoms with Gasteiger partial charge in [-0.2, -0.15) is 0 Å². The minimum absolute atomic E-state index is 0.118. The van der Waals surface area contributed by atoms with E-state index in [1.807, 2.05) is 39.9 Å². The maximum Gasteiger partial charge on any atom is 0.228 e. The number of hydrogen-bond acceptors (Lipinski definition) is 2. The molecule has 0 unspecified atom stereocenters. The van der Waals surface area contributed by atoms with Crippen molar-refractivity contribution in [3.05, 3.63) is 53.9 Å². The Morgan fingerprint density at radius 3 is 2.90 bits per heavy atom. The Morgan fingerprint density at radius 2 is 2.05 bits per heavy atom. The van der Waals surface area contributed by atoms with Crippen molar-refractivity contribution in [1.82, 2.24) is 4.57 Å². The fourth-order valence-corrected chi connectivity index (χ4v) is 2.88. The van der Waals surface area contributed by atoms with Gasteiger partial charge in [0.05, 0.1) is 5.69 Å². The van der Waals surface area contributed by atoms with E-state index in [4.69, 9.17) is 0 Å². The second-order valence-corrected chi connectivity index (χ2v) is 5.27. The molecule has 1 aromatic carbocycles. The van der Waals surface area contributed by atoms with E-state index in [1.165, 1.54) is 5.56 Å². The van der Waals surface area contributed by atoms with Crippen molar-refractivity contribution < 1.29 is 9.59 Å². The van der Waals surface area contributed by atoms with Gasteiger partial charge in [-0.05, 0) is 36.6 Å². The molecule has 21 heavy (non-hydrogen) atoms. The smallest absolute Gasteiger partial charge is 0.228 e. The topological polar surface area (TPSA) is 42.3 Å². The molecule has 4 heteroatoms. The number of rotatable bonds is 4. The van der Waals surface area contributed by atoms with Crippen molar-refractivity contribution in [2.45, 2.75) is 25.8 Å². The fraction of sp³-hybridized carbons (Fsp3) is 0.294. The molecule has 1 aliphatic heterocycles. The van der Waals surface area contributed by atoms with Crippen molar-refractivity contribution in [2.24, 2.45) is 0 Å². The molecule has 2 heterocycles. The minimum atomic E-state index is 0.118. The zero-order chi connectivity index (χ0) is 14.7. The van der Waals surface area contributed by atoms with Gasteiger partial charge in [0.1, 0.15) is 0 Å². The Morgan fingerprint density at radius 1 is 1.19 bits per heavy atom. The van der Waals surface area contributed by atoms with Crippen LogP contribution in [0.4, 0.5) is 5.69 Å². The van der Waals surface area contributed by atoms with Gasteiger partial charge in [-0.3, -0.25) is 9.59 Å². The van der Waals surface area contributed by atoms with Crippen LogP contribution < -0.4 is 4.90 Å². The highest BCUT2D eigenvalue weighted by Gasteiger charge is 2.21. The van der Waals surface area contributed by atoms with E-state index >= 15 is 0 Å². The Balaban J connectivity index is 1.71. The van der Waals surface area contributed by atoms with Gasteiger partial charge in [-0.15, -0.1) is 0 Å². The Labute approximate surface area is 124 Å². The molecule has 0 spiro atoms. The van der Waals surface area contributed by atoms with Crippen molar-refractivity contribution >= 4 is 17.9 Å². The summed E-state index contributed by atoms with van der Waals surface area (Å²) < 4.78 is 1.82. The van der Waals surface area contributed by atoms with Gasteiger partial charge < -0.3 is 9.47 Å². The van der Waals surface area contributed by atoms with Crippen molar-refractivity contribution in [2.75, 3.05) is 11.4 Å². The van der Waals surface area contributed by atoms with Gasteiger partial charge in [0.2, 0.25) is 5.91 Å². The molecule has 0 saturated heterocycles. The quantitative estimate of drug-likeness (QED) is 0.809. The SMILES string of the molecule is O=Cc1cccn1CCC(=O)N1CCCc2ccccc21. The van der Waals surface area contributed by atoms with Crippen LogP contribution in [0.2, 0.25) is 0 Å². The van der Waals surface area contributed by atoms with Crippen molar-refractivity contribution in [3.8, 4) is 0 Å². The maximum atomic E-state index is 12.5. The number of para-hydroxylation sites is 1. The van der Waals surface area contributed by atoms with Gasteiger partial charge in [0, 0.05) is 31.4 Å². The largest absolute Gasteiger partial charge is 0.345 e. The summed E-state index contributed by atoms with van der Waals surface area (Å²) in [6.45, 7) is 1.32. The number of carbonyl (C=O) groups excluding carboxylic acids is 2. The van der Waals surface area contributed by atoms with Crippen LogP contribution in [-0.4, -0.2) is 23.3 Å². The summed E-state index contributed by atoms with van der Waals surface area (Å²) >= 11 is 0.